The van der Waals surface area contributed by atoms with Gasteiger partial charge >= 0.3 is 0 Å². The van der Waals surface area contributed by atoms with Crippen LogP contribution >= 0.6 is 0 Å². The smallest absolute Gasteiger partial charge is 0.0750 e. The Bertz CT molecular complexity index is 178. The van der Waals surface area contributed by atoms with E-state index in [1.54, 1.807) is 0 Å². The second-order valence-corrected chi connectivity index (χ2v) is 4.36. The highest BCUT2D eigenvalue weighted by atomic mass is 16.5. The Balaban J connectivity index is 2.09. The number of hydrogen-bond donors (Lipinski definition) is 1. The molecule has 0 saturated carbocycles. The van der Waals surface area contributed by atoms with Crippen LogP contribution in [0.2, 0.25) is 0 Å². The van der Waals surface area contributed by atoms with Crippen LogP contribution in [-0.4, -0.2) is 42.9 Å². The van der Waals surface area contributed by atoms with E-state index in [1.807, 2.05) is 0 Å². The number of hydrogen-bond acceptors (Lipinski definition) is 3. The summed E-state index contributed by atoms with van der Waals surface area (Å²) < 4.78 is 5.52. The standard InChI is InChI=1S/C10H20N2O/c1-9(2)12-6-8-13-7-4-10(12)3-5-11-10/h9,11H,3-8H2,1-2H3/t10-/m0/s1. The summed E-state index contributed by atoms with van der Waals surface area (Å²) in [5, 5.41) is 3.58. The van der Waals surface area contributed by atoms with Gasteiger partial charge in [-0.1, -0.05) is 0 Å². The third kappa shape index (κ3) is 1.60. The SMILES string of the molecule is CC(C)N1CCOCC[C@]12CCN2. The zero-order valence-electron chi connectivity index (χ0n) is 8.68. The summed E-state index contributed by atoms with van der Waals surface area (Å²) in [5.41, 5.74) is 0.282. The molecule has 2 aliphatic rings. The van der Waals surface area contributed by atoms with Gasteiger partial charge in [-0.25, -0.2) is 0 Å². The molecular weight excluding hydrogens is 164 g/mol. The number of rotatable bonds is 1. The lowest BCUT2D eigenvalue weighted by Gasteiger charge is -2.52. The second-order valence-electron chi connectivity index (χ2n) is 4.36. The first-order chi connectivity index (χ1) is 6.25. The molecule has 2 rings (SSSR count). The molecule has 2 fully saturated rings. The number of nitrogens with zero attached hydrogens (tertiary/aromatic N) is 1. The summed E-state index contributed by atoms with van der Waals surface area (Å²) in [6.07, 6.45) is 2.43. The molecule has 1 atom stereocenters. The van der Waals surface area contributed by atoms with Crippen LogP contribution in [0.5, 0.6) is 0 Å². The third-order valence-corrected chi connectivity index (χ3v) is 3.30. The average Bonchev–Trinajstić information content (AvgIpc) is 2.23. The molecule has 0 aromatic rings. The molecule has 3 heteroatoms. The van der Waals surface area contributed by atoms with Gasteiger partial charge in [0.15, 0.2) is 0 Å². The maximum atomic E-state index is 5.52. The highest BCUT2D eigenvalue weighted by Gasteiger charge is 2.43. The zero-order chi connectivity index (χ0) is 9.31. The largest absolute Gasteiger partial charge is 0.380 e. The fraction of sp³-hybridized carbons (Fsp3) is 1.00. The van der Waals surface area contributed by atoms with Gasteiger partial charge < -0.3 is 4.74 Å². The van der Waals surface area contributed by atoms with Crippen LogP contribution in [0.4, 0.5) is 0 Å². The minimum atomic E-state index is 0.282. The van der Waals surface area contributed by atoms with Crippen molar-refractivity contribution in [1.29, 1.82) is 0 Å². The first kappa shape index (κ1) is 9.44. The maximum Gasteiger partial charge on any atom is 0.0750 e. The van der Waals surface area contributed by atoms with E-state index in [2.05, 4.69) is 24.1 Å². The molecule has 3 nitrogen and oxygen atoms in total. The van der Waals surface area contributed by atoms with Crippen molar-refractivity contribution in [2.24, 2.45) is 0 Å². The van der Waals surface area contributed by atoms with Crippen LogP contribution in [0, 0.1) is 0 Å². The van der Waals surface area contributed by atoms with E-state index >= 15 is 0 Å². The zero-order valence-corrected chi connectivity index (χ0v) is 8.68. The van der Waals surface area contributed by atoms with Crippen molar-refractivity contribution in [3.05, 3.63) is 0 Å². The summed E-state index contributed by atoms with van der Waals surface area (Å²) in [5.74, 6) is 0. The quantitative estimate of drug-likeness (QED) is 0.652. The first-order valence-corrected chi connectivity index (χ1v) is 5.34. The molecule has 0 aromatic carbocycles. The Morgan fingerprint density at radius 1 is 1.31 bits per heavy atom. The Labute approximate surface area is 80.4 Å². The normalized spacial score (nSPS) is 36.2. The van der Waals surface area contributed by atoms with Gasteiger partial charge in [0.2, 0.25) is 0 Å². The Hall–Kier alpha value is -0.120. The highest BCUT2D eigenvalue weighted by molar-refractivity contribution is 4.98. The summed E-state index contributed by atoms with van der Waals surface area (Å²) in [4.78, 5) is 2.56. The molecule has 1 N–H and O–H groups in total. The number of ether oxygens (including phenoxy) is 1. The molecule has 2 saturated heterocycles. The van der Waals surface area contributed by atoms with Crippen LogP contribution in [0.3, 0.4) is 0 Å². The summed E-state index contributed by atoms with van der Waals surface area (Å²) in [7, 11) is 0. The first-order valence-electron chi connectivity index (χ1n) is 5.34. The third-order valence-electron chi connectivity index (χ3n) is 3.30. The summed E-state index contributed by atoms with van der Waals surface area (Å²) in [6.45, 7) is 8.59. The van der Waals surface area contributed by atoms with Crippen molar-refractivity contribution in [2.75, 3.05) is 26.3 Å². The van der Waals surface area contributed by atoms with Crippen LogP contribution in [0.25, 0.3) is 0 Å². The van der Waals surface area contributed by atoms with Crippen molar-refractivity contribution in [3.8, 4) is 0 Å². The van der Waals surface area contributed by atoms with E-state index in [-0.39, 0.29) is 5.66 Å². The molecule has 13 heavy (non-hydrogen) atoms. The van der Waals surface area contributed by atoms with E-state index in [0.29, 0.717) is 6.04 Å². The molecular formula is C10H20N2O. The molecule has 0 radical (unpaired) electrons. The average molecular weight is 184 g/mol. The Kier molecular flexibility index (Phi) is 2.58. The molecule has 0 aliphatic carbocycles. The molecule has 76 valence electrons. The van der Waals surface area contributed by atoms with Crippen LogP contribution in [0.1, 0.15) is 26.7 Å². The van der Waals surface area contributed by atoms with E-state index in [9.17, 15) is 0 Å². The fourth-order valence-corrected chi connectivity index (χ4v) is 2.49. The van der Waals surface area contributed by atoms with Crippen LogP contribution < -0.4 is 5.32 Å². The van der Waals surface area contributed by atoms with Crippen molar-refractivity contribution in [2.45, 2.75) is 38.4 Å². The molecule has 0 aromatic heterocycles. The summed E-state index contributed by atoms with van der Waals surface area (Å²) >= 11 is 0. The Morgan fingerprint density at radius 2 is 2.08 bits per heavy atom. The van der Waals surface area contributed by atoms with Gasteiger partial charge in [-0.2, -0.15) is 0 Å². The second kappa shape index (κ2) is 3.56. The van der Waals surface area contributed by atoms with Crippen molar-refractivity contribution in [1.82, 2.24) is 10.2 Å². The van der Waals surface area contributed by atoms with Gasteiger partial charge in [-0.15, -0.1) is 0 Å². The van der Waals surface area contributed by atoms with Gasteiger partial charge in [0.1, 0.15) is 0 Å². The molecule has 0 bridgehead atoms. The molecule has 0 amide bonds. The van der Waals surface area contributed by atoms with E-state index in [4.69, 9.17) is 4.74 Å². The maximum absolute atomic E-state index is 5.52. The van der Waals surface area contributed by atoms with Crippen LogP contribution in [0.15, 0.2) is 0 Å². The topological polar surface area (TPSA) is 24.5 Å². The van der Waals surface area contributed by atoms with Crippen molar-refractivity contribution < 1.29 is 4.74 Å². The van der Waals surface area contributed by atoms with Crippen molar-refractivity contribution >= 4 is 0 Å². The van der Waals surface area contributed by atoms with E-state index < -0.39 is 0 Å². The lowest BCUT2D eigenvalue weighted by Crippen LogP contribution is -2.68. The van der Waals surface area contributed by atoms with Gasteiger partial charge in [-0.3, -0.25) is 10.2 Å². The van der Waals surface area contributed by atoms with Gasteiger partial charge in [0.05, 0.1) is 12.3 Å². The molecule has 2 aliphatic heterocycles. The monoisotopic (exact) mass is 184 g/mol. The minimum Gasteiger partial charge on any atom is -0.380 e. The lowest BCUT2D eigenvalue weighted by atomic mass is 9.91. The van der Waals surface area contributed by atoms with E-state index in [1.165, 1.54) is 13.0 Å². The van der Waals surface area contributed by atoms with Gasteiger partial charge in [0.25, 0.3) is 0 Å². The summed E-state index contributed by atoms with van der Waals surface area (Å²) in [6, 6.07) is 0.620. The highest BCUT2D eigenvalue weighted by Crippen LogP contribution is 2.30. The van der Waals surface area contributed by atoms with Crippen molar-refractivity contribution in [3.63, 3.8) is 0 Å². The van der Waals surface area contributed by atoms with Crippen LogP contribution in [-0.2, 0) is 4.74 Å². The lowest BCUT2D eigenvalue weighted by molar-refractivity contribution is -0.0218. The predicted octanol–water partition coefficient (Wildman–Crippen LogP) is 0.807. The molecule has 1 spiro atoms. The molecule has 0 unspecified atom stereocenters. The predicted molar refractivity (Wildman–Crippen MR) is 52.6 cm³/mol. The Morgan fingerprint density at radius 3 is 2.62 bits per heavy atom. The molecule has 2 heterocycles. The van der Waals surface area contributed by atoms with Gasteiger partial charge in [0, 0.05) is 25.6 Å². The minimum absolute atomic E-state index is 0.282. The van der Waals surface area contributed by atoms with E-state index in [0.717, 1.165) is 26.2 Å². The number of nitrogens with one attached hydrogen (secondary N) is 1. The fourth-order valence-electron chi connectivity index (χ4n) is 2.49. The van der Waals surface area contributed by atoms with Gasteiger partial charge in [-0.05, 0) is 26.8 Å².